The molecule has 0 aliphatic carbocycles. The average Bonchev–Trinajstić information content (AvgIpc) is 2.98. The Morgan fingerprint density at radius 2 is 1.78 bits per heavy atom. The summed E-state index contributed by atoms with van der Waals surface area (Å²) in [6.45, 7) is 5.92. The van der Waals surface area contributed by atoms with Crippen LogP contribution in [0.3, 0.4) is 0 Å². The van der Waals surface area contributed by atoms with Crippen molar-refractivity contribution in [2.45, 2.75) is 34.2 Å². The number of primary amides is 1. The number of rotatable bonds is 5. The fraction of sp³-hybridized carbons (Fsp3) is 0.227. The first-order chi connectivity index (χ1) is 14.9. The van der Waals surface area contributed by atoms with Crippen LogP contribution in [0.5, 0.6) is 5.88 Å². The molecule has 166 valence electrons. The third-order valence-electron chi connectivity index (χ3n) is 5.36. The van der Waals surface area contributed by atoms with Crippen molar-refractivity contribution in [1.82, 2.24) is 4.57 Å². The Balaban J connectivity index is 2.18. The van der Waals surface area contributed by atoms with Crippen LogP contribution in [0.25, 0.3) is 6.08 Å². The molecule has 0 saturated carbocycles. The van der Waals surface area contributed by atoms with Crippen LogP contribution in [0, 0.1) is 20.8 Å². The van der Waals surface area contributed by atoms with Gasteiger partial charge in [-0.3, -0.25) is 23.7 Å². The molecule has 0 atom stereocenters. The van der Waals surface area contributed by atoms with Crippen molar-refractivity contribution in [2.24, 2.45) is 10.8 Å². The second kappa shape index (κ2) is 8.14. The number of aryl methyl sites for hydroxylation is 2. The summed E-state index contributed by atoms with van der Waals surface area (Å²) in [6.07, 6.45) is 1.24. The summed E-state index contributed by atoms with van der Waals surface area (Å²) >= 11 is 0. The van der Waals surface area contributed by atoms with Gasteiger partial charge in [-0.05, 0) is 62.6 Å². The van der Waals surface area contributed by atoms with E-state index in [0.717, 1.165) is 11.1 Å². The zero-order chi connectivity index (χ0) is 23.9. The summed E-state index contributed by atoms with van der Waals surface area (Å²) in [7, 11) is 0. The van der Waals surface area contributed by atoms with Crippen LogP contribution in [0.4, 0.5) is 5.69 Å². The van der Waals surface area contributed by atoms with Crippen molar-refractivity contribution >= 4 is 35.3 Å². The van der Waals surface area contributed by atoms with Gasteiger partial charge in [0, 0.05) is 5.56 Å². The number of aromatic hydroxyl groups is 1. The molecular weight excluding hydrogens is 416 g/mol. The lowest BCUT2D eigenvalue weighted by molar-refractivity contribution is -0.137. The summed E-state index contributed by atoms with van der Waals surface area (Å²) < 4.78 is 0.523. The monoisotopic (exact) mass is 438 g/mol. The minimum absolute atomic E-state index is 0.0272. The van der Waals surface area contributed by atoms with Crippen molar-refractivity contribution < 1.29 is 24.6 Å². The molecule has 1 aromatic carbocycles. The molecule has 3 rings (SSSR count). The van der Waals surface area contributed by atoms with Crippen molar-refractivity contribution in [3.8, 4) is 5.88 Å². The van der Waals surface area contributed by atoms with Crippen LogP contribution in [0.2, 0.25) is 0 Å². The molecule has 32 heavy (non-hydrogen) atoms. The average molecular weight is 438 g/mol. The van der Waals surface area contributed by atoms with Crippen LogP contribution < -0.4 is 16.3 Å². The SMILES string of the molecule is CC1=NN(c2ccc(C)c(C)c2)C(=O)/C1=C\c1c(C)c(C(N)=O)c(O)n(CC(=O)O)c1=O. The number of nitrogens with zero attached hydrogens (tertiary/aromatic N) is 3. The van der Waals surface area contributed by atoms with Gasteiger partial charge in [-0.1, -0.05) is 6.07 Å². The zero-order valence-electron chi connectivity index (χ0n) is 18.0. The molecule has 0 bridgehead atoms. The molecule has 10 nitrogen and oxygen atoms in total. The van der Waals surface area contributed by atoms with Crippen LogP contribution in [-0.2, 0) is 16.1 Å². The number of carboxylic acids is 1. The van der Waals surface area contributed by atoms with Gasteiger partial charge in [0.1, 0.15) is 12.1 Å². The fourth-order valence-electron chi connectivity index (χ4n) is 3.45. The van der Waals surface area contributed by atoms with Crippen LogP contribution in [0.1, 0.15) is 39.5 Å². The minimum atomic E-state index is -1.41. The van der Waals surface area contributed by atoms with Crippen molar-refractivity contribution in [3.05, 3.63) is 61.9 Å². The first-order valence-electron chi connectivity index (χ1n) is 9.61. The molecule has 0 unspecified atom stereocenters. The van der Waals surface area contributed by atoms with E-state index < -0.39 is 41.3 Å². The molecule has 1 aromatic heterocycles. The number of hydrogen-bond donors (Lipinski definition) is 3. The van der Waals surface area contributed by atoms with Crippen LogP contribution in [-0.4, -0.2) is 38.3 Å². The predicted molar refractivity (Wildman–Crippen MR) is 118 cm³/mol. The van der Waals surface area contributed by atoms with Gasteiger partial charge < -0.3 is 15.9 Å². The van der Waals surface area contributed by atoms with Gasteiger partial charge in [0.2, 0.25) is 5.88 Å². The lowest BCUT2D eigenvalue weighted by Crippen LogP contribution is -2.30. The molecule has 4 N–H and O–H groups in total. The highest BCUT2D eigenvalue weighted by Crippen LogP contribution is 2.28. The fourth-order valence-corrected chi connectivity index (χ4v) is 3.45. The van der Waals surface area contributed by atoms with E-state index >= 15 is 0 Å². The van der Waals surface area contributed by atoms with E-state index in [-0.39, 0.29) is 16.7 Å². The van der Waals surface area contributed by atoms with Gasteiger partial charge >= 0.3 is 5.97 Å². The first-order valence-corrected chi connectivity index (χ1v) is 9.61. The number of aliphatic carboxylic acids is 1. The maximum Gasteiger partial charge on any atom is 0.323 e. The van der Waals surface area contributed by atoms with Gasteiger partial charge in [0.25, 0.3) is 17.4 Å². The van der Waals surface area contributed by atoms with E-state index in [0.29, 0.717) is 16.0 Å². The third-order valence-corrected chi connectivity index (χ3v) is 5.36. The van der Waals surface area contributed by atoms with E-state index in [1.165, 1.54) is 18.0 Å². The molecule has 1 aliphatic heterocycles. The normalized spacial score (nSPS) is 14.8. The minimum Gasteiger partial charge on any atom is -0.494 e. The predicted octanol–water partition coefficient (Wildman–Crippen LogP) is 1.47. The number of anilines is 1. The zero-order valence-corrected chi connectivity index (χ0v) is 18.0. The molecule has 0 saturated heterocycles. The third kappa shape index (κ3) is 3.78. The number of carbonyl (C=O) groups is 3. The summed E-state index contributed by atoms with van der Waals surface area (Å²) in [4.78, 5) is 49.1. The van der Waals surface area contributed by atoms with Crippen molar-refractivity contribution in [3.63, 3.8) is 0 Å². The number of nitrogens with two attached hydrogens (primary N) is 1. The maximum atomic E-state index is 13.1. The summed E-state index contributed by atoms with van der Waals surface area (Å²) in [6, 6.07) is 5.42. The van der Waals surface area contributed by atoms with E-state index in [9.17, 15) is 24.3 Å². The van der Waals surface area contributed by atoms with Crippen LogP contribution >= 0.6 is 0 Å². The number of pyridine rings is 1. The highest BCUT2D eigenvalue weighted by atomic mass is 16.4. The standard InChI is InChI=1S/C22H22N4O6/c1-10-5-6-14(7-11(10)2)26-21(31)16(13(4)24-26)8-15-12(3)18(19(23)29)22(32)25(20(15)30)9-17(27)28/h5-8,32H,9H2,1-4H3,(H2,23,29)(H,27,28)/b16-8-. The van der Waals surface area contributed by atoms with E-state index in [1.54, 1.807) is 13.0 Å². The highest BCUT2D eigenvalue weighted by Gasteiger charge is 2.30. The smallest absolute Gasteiger partial charge is 0.323 e. The Morgan fingerprint density at radius 1 is 1.12 bits per heavy atom. The summed E-state index contributed by atoms with van der Waals surface area (Å²) in [5.74, 6) is -3.79. The maximum absolute atomic E-state index is 13.1. The molecular formula is C22H22N4O6. The van der Waals surface area contributed by atoms with Crippen LogP contribution in [0.15, 0.2) is 33.7 Å². The lowest BCUT2D eigenvalue weighted by Gasteiger charge is -2.15. The van der Waals surface area contributed by atoms with E-state index in [2.05, 4.69) is 5.10 Å². The first kappa shape index (κ1) is 22.5. The number of hydrazone groups is 1. The molecule has 0 radical (unpaired) electrons. The number of benzene rings is 1. The number of amides is 2. The Morgan fingerprint density at radius 3 is 2.34 bits per heavy atom. The molecule has 2 heterocycles. The quantitative estimate of drug-likeness (QED) is 0.600. The second-order valence-corrected chi connectivity index (χ2v) is 7.52. The lowest BCUT2D eigenvalue weighted by atomic mass is 10.00. The molecule has 1 aliphatic rings. The molecule has 2 amide bonds. The van der Waals surface area contributed by atoms with Crippen molar-refractivity contribution in [2.75, 3.05) is 5.01 Å². The Kier molecular flexibility index (Phi) is 5.72. The Bertz CT molecular complexity index is 1300. The van der Waals surface area contributed by atoms with Gasteiger partial charge in [0.15, 0.2) is 0 Å². The number of carbonyl (C=O) groups excluding carboxylic acids is 2. The number of aromatic nitrogens is 1. The molecule has 0 fully saturated rings. The van der Waals surface area contributed by atoms with Gasteiger partial charge in [-0.15, -0.1) is 0 Å². The van der Waals surface area contributed by atoms with E-state index in [4.69, 9.17) is 10.8 Å². The second-order valence-electron chi connectivity index (χ2n) is 7.52. The summed E-state index contributed by atoms with van der Waals surface area (Å²) in [5, 5.41) is 24.9. The molecule has 2 aromatic rings. The van der Waals surface area contributed by atoms with Gasteiger partial charge in [-0.25, -0.2) is 0 Å². The van der Waals surface area contributed by atoms with Crippen molar-refractivity contribution in [1.29, 1.82) is 0 Å². The topological polar surface area (TPSA) is 155 Å². The Hall–Kier alpha value is -4.21. The van der Waals surface area contributed by atoms with E-state index in [1.807, 2.05) is 26.0 Å². The highest BCUT2D eigenvalue weighted by molar-refractivity contribution is 6.32. The summed E-state index contributed by atoms with van der Waals surface area (Å²) in [5.41, 5.74) is 6.92. The molecule has 10 heteroatoms. The number of hydrogen-bond acceptors (Lipinski definition) is 6. The Labute approximate surface area is 182 Å². The molecule has 0 spiro atoms. The number of carboxylic acid groups (broad SMARTS) is 1. The largest absolute Gasteiger partial charge is 0.494 e. The van der Waals surface area contributed by atoms with Gasteiger partial charge in [0.05, 0.1) is 17.0 Å². The van der Waals surface area contributed by atoms with Gasteiger partial charge in [-0.2, -0.15) is 10.1 Å².